The third kappa shape index (κ3) is 3.65. The molecule has 4 rings (SSSR count). The minimum atomic E-state index is -0.963. The molecule has 0 bridgehead atoms. The van der Waals surface area contributed by atoms with E-state index in [0.29, 0.717) is 31.7 Å². The molecule has 0 aromatic heterocycles. The molecule has 2 aromatic carbocycles. The largest absolute Gasteiger partial charge is 0.457 e. The molecule has 2 N–H and O–H groups in total. The van der Waals surface area contributed by atoms with Crippen LogP contribution in [-0.2, 0) is 10.3 Å². The van der Waals surface area contributed by atoms with Gasteiger partial charge in [0.25, 0.3) is 0 Å². The minimum Gasteiger partial charge on any atom is -0.457 e. The van der Waals surface area contributed by atoms with Crippen molar-refractivity contribution < 1.29 is 14.6 Å². The van der Waals surface area contributed by atoms with E-state index >= 15 is 0 Å². The van der Waals surface area contributed by atoms with Crippen LogP contribution in [0.3, 0.4) is 0 Å². The molecule has 1 unspecified atom stereocenters. The number of hydrogen-bond acceptors (Lipinski definition) is 4. The second-order valence-corrected chi connectivity index (χ2v) is 8.24. The summed E-state index contributed by atoms with van der Waals surface area (Å²) in [5, 5.41) is 15.4. The van der Waals surface area contributed by atoms with Gasteiger partial charge in [-0.15, -0.1) is 0 Å². The summed E-state index contributed by atoms with van der Waals surface area (Å²) in [6, 6.07) is 17.5. The fraction of sp³-hybridized carbons (Fsp3) is 0.458. The van der Waals surface area contributed by atoms with E-state index in [2.05, 4.69) is 5.32 Å². The Bertz CT molecular complexity index is 848. The van der Waals surface area contributed by atoms with Gasteiger partial charge in [-0.3, -0.25) is 4.79 Å². The maximum Gasteiger partial charge on any atom is 0.220 e. The van der Waals surface area contributed by atoms with Crippen molar-refractivity contribution in [2.24, 2.45) is 0 Å². The van der Waals surface area contributed by atoms with E-state index in [-0.39, 0.29) is 5.91 Å². The molecule has 154 valence electrons. The molecule has 0 radical (unpaired) electrons. The fourth-order valence-electron chi connectivity index (χ4n) is 5.11. The van der Waals surface area contributed by atoms with Gasteiger partial charge in [0.2, 0.25) is 5.91 Å². The normalized spacial score (nSPS) is 24.1. The first-order valence-electron chi connectivity index (χ1n) is 10.6. The second kappa shape index (κ2) is 8.17. The molecular weight excluding hydrogens is 364 g/mol. The third-order valence-electron chi connectivity index (χ3n) is 6.47. The van der Waals surface area contributed by atoms with Crippen molar-refractivity contribution in [1.29, 1.82) is 0 Å². The Kier molecular flexibility index (Phi) is 5.61. The Labute approximate surface area is 172 Å². The first-order valence-corrected chi connectivity index (χ1v) is 10.6. The average molecular weight is 395 g/mol. The van der Waals surface area contributed by atoms with Gasteiger partial charge in [-0.25, -0.2) is 0 Å². The number of ether oxygens (including phenoxy) is 1. The van der Waals surface area contributed by atoms with E-state index < -0.39 is 11.1 Å². The number of benzene rings is 2. The van der Waals surface area contributed by atoms with E-state index in [0.717, 1.165) is 37.1 Å². The Balaban J connectivity index is 1.79. The second-order valence-electron chi connectivity index (χ2n) is 8.24. The van der Waals surface area contributed by atoms with Crippen molar-refractivity contribution in [3.05, 3.63) is 60.2 Å². The van der Waals surface area contributed by atoms with Crippen LogP contribution in [0.4, 0.5) is 0 Å². The van der Waals surface area contributed by atoms with Crippen molar-refractivity contribution >= 4 is 5.91 Å². The molecule has 2 aliphatic rings. The fourth-order valence-corrected chi connectivity index (χ4v) is 5.11. The van der Waals surface area contributed by atoms with E-state index in [1.807, 2.05) is 59.5 Å². The number of para-hydroxylation sites is 1. The zero-order chi connectivity index (χ0) is 20.3. The number of aliphatic hydroxyl groups is 1. The van der Waals surface area contributed by atoms with E-state index in [1.54, 1.807) is 6.92 Å². The maximum atomic E-state index is 12.7. The SMILES string of the molecule is CC(=O)N1CCNCC1(c1cccc(Oc2ccccc2)c1)C1(O)CCCCC1. The van der Waals surface area contributed by atoms with Crippen LogP contribution in [0.25, 0.3) is 0 Å². The predicted molar refractivity (Wildman–Crippen MR) is 113 cm³/mol. The summed E-state index contributed by atoms with van der Waals surface area (Å²) in [7, 11) is 0. The molecule has 1 aliphatic heterocycles. The number of nitrogens with zero attached hydrogens (tertiary/aromatic N) is 1. The van der Waals surface area contributed by atoms with E-state index in [9.17, 15) is 9.90 Å². The number of piperazine rings is 1. The molecule has 5 heteroatoms. The Morgan fingerprint density at radius 2 is 1.76 bits per heavy atom. The summed E-state index contributed by atoms with van der Waals surface area (Å²) < 4.78 is 6.07. The maximum absolute atomic E-state index is 12.7. The van der Waals surface area contributed by atoms with Crippen LogP contribution in [0.15, 0.2) is 54.6 Å². The standard InChI is InChI=1S/C24H30N2O3/c1-19(27)26-16-15-25-18-24(26,23(28)13-6-3-7-14-23)20-9-8-12-22(17-20)29-21-10-4-2-5-11-21/h2,4-5,8-12,17,25,28H,3,6-7,13-16,18H2,1H3. The smallest absolute Gasteiger partial charge is 0.220 e. The lowest BCUT2D eigenvalue weighted by Gasteiger charge is -2.57. The van der Waals surface area contributed by atoms with Gasteiger partial charge in [0, 0.05) is 26.6 Å². The van der Waals surface area contributed by atoms with Crippen LogP contribution in [0.2, 0.25) is 0 Å². The van der Waals surface area contributed by atoms with Crippen LogP contribution in [0.5, 0.6) is 11.5 Å². The summed E-state index contributed by atoms with van der Waals surface area (Å²) in [5.74, 6) is 1.47. The Hall–Kier alpha value is -2.37. The molecule has 2 aromatic rings. The lowest BCUT2D eigenvalue weighted by molar-refractivity contribution is -0.169. The molecule has 5 nitrogen and oxygen atoms in total. The molecule has 1 saturated heterocycles. The molecule has 1 heterocycles. The summed E-state index contributed by atoms with van der Waals surface area (Å²) in [5.41, 5.74) is -0.832. The number of hydrogen-bond donors (Lipinski definition) is 2. The lowest BCUT2D eigenvalue weighted by Crippen LogP contribution is -2.71. The topological polar surface area (TPSA) is 61.8 Å². The highest BCUT2D eigenvalue weighted by molar-refractivity contribution is 5.75. The van der Waals surface area contributed by atoms with Crippen LogP contribution in [0, 0.1) is 0 Å². The lowest BCUT2D eigenvalue weighted by atomic mass is 9.65. The van der Waals surface area contributed by atoms with E-state index in [4.69, 9.17) is 4.74 Å². The molecule has 1 atom stereocenters. The molecule has 1 amide bonds. The predicted octanol–water partition coefficient (Wildman–Crippen LogP) is 3.82. The average Bonchev–Trinajstić information content (AvgIpc) is 2.75. The highest BCUT2D eigenvalue weighted by Gasteiger charge is 2.57. The first kappa shape index (κ1) is 19.9. The van der Waals surface area contributed by atoms with E-state index in [1.165, 1.54) is 0 Å². The number of rotatable bonds is 4. The van der Waals surface area contributed by atoms with Crippen molar-refractivity contribution in [3.8, 4) is 11.5 Å². The summed E-state index contributed by atoms with van der Waals surface area (Å²) in [4.78, 5) is 14.6. The molecule has 29 heavy (non-hydrogen) atoms. The number of carbonyl (C=O) groups is 1. The zero-order valence-electron chi connectivity index (χ0n) is 17.1. The number of amides is 1. The molecule has 1 saturated carbocycles. The molecular formula is C24H30N2O3. The minimum absolute atomic E-state index is 0.000112. The van der Waals surface area contributed by atoms with Gasteiger partial charge in [-0.05, 0) is 42.7 Å². The summed E-state index contributed by atoms with van der Waals surface area (Å²) >= 11 is 0. The van der Waals surface area contributed by atoms with Crippen LogP contribution in [-0.4, -0.2) is 41.1 Å². The highest BCUT2D eigenvalue weighted by Crippen LogP contribution is 2.48. The highest BCUT2D eigenvalue weighted by atomic mass is 16.5. The quantitative estimate of drug-likeness (QED) is 0.828. The van der Waals surface area contributed by atoms with Crippen molar-refractivity contribution in [1.82, 2.24) is 10.2 Å². The third-order valence-corrected chi connectivity index (χ3v) is 6.47. The first-order chi connectivity index (χ1) is 14.1. The molecule has 1 aliphatic carbocycles. The van der Waals surface area contributed by atoms with Gasteiger partial charge in [0.05, 0.1) is 5.60 Å². The van der Waals surface area contributed by atoms with Crippen molar-refractivity contribution in [3.63, 3.8) is 0 Å². The summed E-state index contributed by atoms with van der Waals surface area (Å²) in [6.45, 7) is 3.47. The van der Waals surface area contributed by atoms with Crippen molar-refractivity contribution in [2.45, 2.75) is 50.2 Å². The van der Waals surface area contributed by atoms with Gasteiger partial charge in [0.1, 0.15) is 17.0 Å². The Morgan fingerprint density at radius 1 is 1.03 bits per heavy atom. The van der Waals surface area contributed by atoms with Crippen LogP contribution < -0.4 is 10.1 Å². The summed E-state index contributed by atoms with van der Waals surface area (Å²) in [6.07, 6.45) is 4.47. The van der Waals surface area contributed by atoms with Crippen molar-refractivity contribution in [2.75, 3.05) is 19.6 Å². The van der Waals surface area contributed by atoms with Crippen LogP contribution in [0.1, 0.15) is 44.6 Å². The van der Waals surface area contributed by atoms with Gasteiger partial charge in [0.15, 0.2) is 0 Å². The zero-order valence-corrected chi connectivity index (χ0v) is 17.1. The molecule has 0 spiro atoms. The van der Waals surface area contributed by atoms with Crippen LogP contribution >= 0.6 is 0 Å². The number of carbonyl (C=O) groups excluding carboxylic acids is 1. The van der Waals surface area contributed by atoms with Gasteiger partial charge >= 0.3 is 0 Å². The van der Waals surface area contributed by atoms with Gasteiger partial charge in [-0.2, -0.15) is 0 Å². The van der Waals surface area contributed by atoms with Gasteiger partial charge in [-0.1, -0.05) is 49.6 Å². The monoisotopic (exact) mass is 394 g/mol. The Morgan fingerprint density at radius 3 is 2.48 bits per heavy atom. The number of nitrogens with one attached hydrogen (secondary N) is 1. The van der Waals surface area contributed by atoms with Gasteiger partial charge < -0.3 is 20.1 Å². The molecule has 2 fully saturated rings.